The monoisotopic (exact) mass is 342 g/mol. The highest BCUT2D eigenvalue weighted by Crippen LogP contribution is 2.33. The zero-order valence-electron chi connectivity index (χ0n) is 10.8. The smallest absolute Gasteiger partial charge is 0.326 e. The molecule has 2 rings (SSSR count). The molecule has 1 aliphatic rings. The van der Waals surface area contributed by atoms with Crippen LogP contribution in [0.25, 0.3) is 0 Å². The van der Waals surface area contributed by atoms with Gasteiger partial charge in [-0.2, -0.15) is 13.2 Å². The van der Waals surface area contributed by atoms with Crippen LogP contribution in [0.1, 0.15) is 18.4 Å². The Labute approximate surface area is 125 Å². The van der Waals surface area contributed by atoms with Gasteiger partial charge in [0.15, 0.2) is 0 Å². The Bertz CT molecular complexity index is 630. The Hall–Kier alpha value is -0.830. The van der Waals surface area contributed by atoms with Crippen molar-refractivity contribution in [2.24, 2.45) is 11.7 Å². The third-order valence-corrected chi connectivity index (χ3v) is 4.87. The molecule has 21 heavy (non-hydrogen) atoms. The summed E-state index contributed by atoms with van der Waals surface area (Å²) in [4.78, 5) is -0.523. The highest BCUT2D eigenvalue weighted by molar-refractivity contribution is 7.89. The van der Waals surface area contributed by atoms with Gasteiger partial charge in [0.1, 0.15) is 0 Å². The van der Waals surface area contributed by atoms with Crippen LogP contribution in [-0.4, -0.2) is 21.0 Å². The van der Waals surface area contributed by atoms with Crippen LogP contribution < -0.4 is 10.5 Å². The lowest BCUT2D eigenvalue weighted by atomic mass is 10.2. The van der Waals surface area contributed by atoms with Crippen LogP contribution in [0.4, 0.5) is 13.2 Å². The molecule has 1 unspecified atom stereocenters. The molecule has 0 radical (unpaired) electrons. The molecule has 0 spiro atoms. The first kappa shape index (κ1) is 16.5. The molecular weight excluding hydrogens is 329 g/mol. The van der Waals surface area contributed by atoms with Gasteiger partial charge in [-0.05, 0) is 37.0 Å². The molecule has 1 atom stereocenters. The molecule has 118 valence electrons. The van der Waals surface area contributed by atoms with Crippen molar-refractivity contribution in [3.8, 4) is 0 Å². The van der Waals surface area contributed by atoms with Gasteiger partial charge in [0.05, 0.1) is 10.5 Å². The standard InChI is InChI=1S/C12H14ClF3N2O2S/c13-9-3-8(12(14,15)16)4-10(5-9)21(19,20)18-6-11(17)7-1-2-7/h3-5,7,11,18H,1-2,6,17H2. The van der Waals surface area contributed by atoms with Crippen molar-refractivity contribution in [1.29, 1.82) is 0 Å². The van der Waals surface area contributed by atoms with E-state index in [1.54, 1.807) is 0 Å². The number of sulfonamides is 1. The Morgan fingerprint density at radius 2 is 1.95 bits per heavy atom. The van der Waals surface area contributed by atoms with E-state index in [1.165, 1.54) is 0 Å². The maximum Gasteiger partial charge on any atom is 0.416 e. The van der Waals surface area contributed by atoms with Gasteiger partial charge in [0.25, 0.3) is 0 Å². The molecule has 0 amide bonds. The summed E-state index contributed by atoms with van der Waals surface area (Å²) in [6.45, 7) is -0.0130. The topological polar surface area (TPSA) is 72.2 Å². The normalized spacial score (nSPS) is 17.8. The molecule has 0 bridgehead atoms. The number of benzene rings is 1. The fourth-order valence-electron chi connectivity index (χ4n) is 1.86. The van der Waals surface area contributed by atoms with Crippen LogP contribution in [0, 0.1) is 5.92 Å². The average molecular weight is 343 g/mol. The second kappa shape index (κ2) is 5.75. The average Bonchev–Trinajstić information content (AvgIpc) is 3.18. The van der Waals surface area contributed by atoms with Gasteiger partial charge < -0.3 is 5.73 Å². The maximum atomic E-state index is 12.7. The van der Waals surface area contributed by atoms with Gasteiger partial charge in [-0.15, -0.1) is 0 Å². The number of alkyl halides is 3. The number of rotatable bonds is 5. The van der Waals surface area contributed by atoms with Crippen LogP contribution in [0.5, 0.6) is 0 Å². The minimum absolute atomic E-state index is 0.0130. The molecular formula is C12H14ClF3N2O2S. The van der Waals surface area contributed by atoms with Crippen molar-refractivity contribution < 1.29 is 21.6 Å². The number of halogens is 4. The fraction of sp³-hybridized carbons (Fsp3) is 0.500. The van der Waals surface area contributed by atoms with Gasteiger partial charge in [-0.25, -0.2) is 13.1 Å². The SMILES string of the molecule is NC(CNS(=O)(=O)c1cc(Cl)cc(C(F)(F)F)c1)C1CC1. The lowest BCUT2D eigenvalue weighted by Crippen LogP contribution is -2.38. The van der Waals surface area contributed by atoms with Gasteiger partial charge in [-0.1, -0.05) is 11.6 Å². The Morgan fingerprint density at radius 3 is 2.48 bits per heavy atom. The zero-order chi connectivity index (χ0) is 15.8. The van der Waals surface area contributed by atoms with E-state index in [-0.39, 0.29) is 23.5 Å². The summed E-state index contributed by atoms with van der Waals surface area (Å²) in [6, 6.07) is 1.87. The number of nitrogens with one attached hydrogen (secondary N) is 1. The zero-order valence-corrected chi connectivity index (χ0v) is 12.4. The highest BCUT2D eigenvalue weighted by Gasteiger charge is 2.33. The molecule has 3 N–H and O–H groups in total. The first-order valence-electron chi connectivity index (χ1n) is 6.22. The van der Waals surface area contributed by atoms with E-state index >= 15 is 0 Å². The molecule has 0 heterocycles. The minimum atomic E-state index is -4.67. The summed E-state index contributed by atoms with van der Waals surface area (Å²) in [5.74, 6) is 0.276. The quantitative estimate of drug-likeness (QED) is 0.863. The summed E-state index contributed by atoms with van der Waals surface area (Å²) in [6.07, 6.45) is -2.78. The number of nitrogens with two attached hydrogens (primary N) is 1. The van der Waals surface area contributed by atoms with Crippen molar-refractivity contribution in [3.63, 3.8) is 0 Å². The third kappa shape index (κ3) is 4.32. The molecule has 1 aliphatic carbocycles. The van der Waals surface area contributed by atoms with E-state index in [2.05, 4.69) is 4.72 Å². The molecule has 1 saturated carbocycles. The van der Waals surface area contributed by atoms with E-state index in [9.17, 15) is 21.6 Å². The Balaban J connectivity index is 2.20. The van der Waals surface area contributed by atoms with Crippen molar-refractivity contribution in [1.82, 2.24) is 4.72 Å². The van der Waals surface area contributed by atoms with E-state index in [1.807, 2.05) is 0 Å². The summed E-state index contributed by atoms with van der Waals surface area (Å²) in [5.41, 5.74) is 4.65. The van der Waals surface area contributed by atoms with Gasteiger partial charge >= 0.3 is 6.18 Å². The van der Waals surface area contributed by atoms with E-state index in [4.69, 9.17) is 17.3 Å². The molecule has 4 nitrogen and oxygen atoms in total. The van der Waals surface area contributed by atoms with Crippen molar-refractivity contribution in [3.05, 3.63) is 28.8 Å². The summed E-state index contributed by atoms with van der Waals surface area (Å²) >= 11 is 5.57. The lowest BCUT2D eigenvalue weighted by molar-refractivity contribution is -0.137. The summed E-state index contributed by atoms with van der Waals surface area (Å²) in [7, 11) is -4.08. The van der Waals surface area contributed by atoms with E-state index < -0.39 is 26.7 Å². The second-order valence-electron chi connectivity index (χ2n) is 5.03. The van der Waals surface area contributed by atoms with Crippen LogP contribution in [0.15, 0.2) is 23.1 Å². The first-order chi connectivity index (χ1) is 9.59. The number of hydrogen-bond donors (Lipinski definition) is 2. The van der Waals surface area contributed by atoms with E-state index in [0.717, 1.165) is 18.9 Å². The summed E-state index contributed by atoms with van der Waals surface area (Å²) in [5, 5.41) is -0.295. The third-order valence-electron chi connectivity index (χ3n) is 3.25. The molecule has 0 saturated heterocycles. The van der Waals surface area contributed by atoms with Crippen LogP contribution in [-0.2, 0) is 16.2 Å². The predicted octanol–water partition coefficient (Wildman–Crippen LogP) is 2.37. The van der Waals surface area contributed by atoms with Crippen molar-refractivity contribution in [2.45, 2.75) is 30.0 Å². The maximum absolute atomic E-state index is 12.7. The molecule has 1 fully saturated rings. The van der Waals surface area contributed by atoms with Crippen LogP contribution in [0.2, 0.25) is 5.02 Å². The number of hydrogen-bond acceptors (Lipinski definition) is 3. The second-order valence-corrected chi connectivity index (χ2v) is 7.23. The highest BCUT2D eigenvalue weighted by atomic mass is 35.5. The van der Waals surface area contributed by atoms with Crippen LogP contribution >= 0.6 is 11.6 Å². The van der Waals surface area contributed by atoms with Crippen molar-refractivity contribution >= 4 is 21.6 Å². The summed E-state index contributed by atoms with van der Waals surface area (Å²) < 4.78 is 64.3. The van der Waals surface area contributed by atoms with Gasteiger partial charge in [0.2, 0.25) is 10.0 Å². The minimum Gasteiger partial charge on any atom is -0.326 e. The molecule has 9 heteroatoms. The Kier molecular flexibility index (Phi) is 4.53. The Morgan fingerprint density at radius 1 is 1.33 bits per heavy atom. The molecule has 1 aromatic rings. The molecule has 0 aromatic heterocycles. The van der Waals surface area contributed by atoms with Crippen molar-refractivity contribution in [2.75, 3.05) is 6.54 Å². The van der Waals surface area contributed by atoms with E-state index in [0.29, 0.717) is 12.1 Å². The predicted molar refractivity (Wildman–Crippen MR) is 72.3 cm³/mol. The lowest BCUT2D eigenvalue weighted by Gasteiger charge is -2.14. The van der Waals surface area contributed by atoms with Crippen LogP contribution in [0.3, 0.4) is 0 Å². The largest absolute Gasteiger partial charge is 0.416 e. The van der Waals surface area contributed by atoms with Gasteiger partial charge in [0, 0.05) is 17.6 Å². The molecule has 0 aliphatic heterocycles. The van der Waals surface area contributed by atoms with Gasteiger partial charge in [-0.3, -0.25) is 0 Å². The fourth-order valence-corrected chi connectivity index (χ4v) is 3.30. The first-order valence-corrected chi connectivity index (χ1v) is 8.09. The molecule has 1 aromatic carbocycles.